The van der Waals surface area contributed by atoms with Crippen LogP contribution in [0.2, 0.25) is 0 Å². The van der Waals surface area contributed by atoms with Crippen molar-refractivity contribution in [3.05, 3.63) is 23.7 Å². The van der Waals surface area contributed by atoms with Crippen molar-refractivity contribution in [2.75, 3.05) is 13.1 Å². The number of aryl methyl sites for hydroxylation is 1. The summed E-state index contributed by atoms with van der Waals surface area (Å²) in [6, 6.07) is 3.91. The van der Waals surface area contributed by atoms with Gasteiger partial charge in [-0.2, -0.15) is 0 Å². The SMILES string of the molecule is Cc1ccc(C(C)(C)CNC(=O)C(C)(C)CCN)o1. The van der Waals surface area contributed by atoms with Crippen LogP contribution in [0, 0.1) is 12.3 Å². The molecule has 0 spiro atoms. The van der Waals surface area contributed by atoms with Crippen molar-refractivity contribution in [1.29, 1.82) is 0 Å². The number of carbonyl (C=O) groups is 1. The highest BCUT2D eigenvalue weighted by atomic mass is 16.3. The number of rotatable bonds is 6. The van der Waals surface area contributed by atoms with Gasteiger partial charge in [-0.3, -0.25) is 4.79 Å². The smallest absolute Gasteiger partial charge is 0.225 e. The zero-order valence-corrected chi connectivity index (χ0v) is 12.7. The first-order chi connectivity index (χ1) is 8.69. The Morgan fingerprint density at radius 3 is 2.42 bits per heavy atom. The van der Waals surface area contributed by atoms with E-state index in [0.717, 1.165) is 11.5 Å². The van der Waals surface area contributed by atoms with Gasteiger partial charge in [0.05, 0.1) is 0 Å². The number of carbonyl (C=O) groups excluding carboxylic acids is 1. The molecule has 0 bridgehead atoms. The minimum absolute atomic E-state index is 0.0364. The highest BCUT2D eigenvalue weighted by molar-refractivity contribution is 5.81. The Bertz CT molecular complexity index is 433. The number of hydrogen-bond donors (Lipinski definition) is 2. The second-order valence-electron chi connectivity index (χ2n) is 6.40. The molecule has 0 saturated heterocycles. The van der Waals surface area contributed by atoms with Crippen LogP contribution in [-0.4, -0.2) is 19.0 Å². The Balaban J connectivity index is 2.63. The van der Waals surface area contributed by atoms with Crippen LogP contribution in [0.5, 0.6) is 0 Å². The summed E-state index contributed by atoms with van der Waals surface area (Å²) >= 11 is 0. The lowest BCUT2D eigenvalue weighted by atomic mass is 9.86. The van der Waals surface area contributed by atoms with Gasteiger partial charge in [0.2, 0.25) is 5.91 Å². The fourth-order valence-electron chi connectivity index (χ4n) is 1.90. The van der Waals surface area contributed by atoms with Crippen molar-refractivity contribution in [3.63, 3.8) is 0 Å². The van der Waals surface area contributed by atoms with E-state index >= 15 is 0 Å². The van der Waals surface area contributed by atoms with E-state index in [4.69, 9.17) is 10.2 Å². The Hall–Kier alpha value is -1.29. The van der Waals surface area contributed by atoms with Crippen LogP contribution in [0.25, 0.3) is 0 Å². The van der Waals surface area contributed by atoms with E-state index in [1.807, 2.05) is 32.9 Å². The lowest BCUT2D eigenvalue weighted by Crippen LogP contribution is -2.43. The first kappa shape index (κ1) is 15.8. The van der Waals surface area contributed by atoms with E-state index in [1.54, 1.807) is 0 Å². The maximum Gasteiger partial charge on any atom is 0.225 e. The molecule has 1 rings (SSSR count). The summed E-state index contributed by atoms with van der Waals surface area (Å²) in [5.41, 5.74) is 4.89. The molecule has 0 atom stereocenters. The highest BCUT2D eigenvalue weighted by Gasteiger charge is 2.30. The average Bonchev–Trinajstić information content (AvgIpc) is 2.73. The predicted molar refractivity (Wildman–Crippen MR) is 76.9 cm³/mol. The van der Waals surface area contributed by atoms with Crippen molar-refractivity contribution >= 4 is 5.91 Å². The number of amides is 1. The molecule has 3 N–H and O–H groups in total. The van der Waals surface area contributed by atoms with E-state index in [1.165, 1.54) is 0 Å². The summed E-state index contributed by atoms with van der Waals surface area (Å²) in [5.74, 6) is 1.81. The number of nitrogens with one attached hydrogen (secondary N) is 1. The third-order valence-corrected chi connectivity index (χ3v) is 3.48. The fourth-order valence-corrected chi connectivity index (χ4v) is 1.90. The quantitative estimate of drug-likeness (QED) is 0.830. The van der Waals surface area contributed by atoms with E-state index in [-0.39, 0.29) is 11.3 Å². The monoisotopic (exact) mass is 266 g/mol. The normalized spacial score (nSPS) is 12.5. The zero-order valence-electron chi connectivity index (χ0n) is 12.7. The van der Waals surface area contributed by atoms with Crippen molar-refractivity contribution in [3.8, 4) is 0 Å². The standard InChI is InChI=1S/C15H26N2O2/c1-11-6-7-12(19-11)15(4,5)10-17-13(18)14(2,3)8-9-16/h6-7H,8-10,16H2,1-5H3,(H,17,18). The third kappa shape index (κ3) is 4.10. The molecule has 0 aliphatic carbocycles. The molecule has 0 aromatic carbocycles. The van der Waals surface area contributed by atoms with Crippen molar-refractivity contribution < 1.29 is 9.21 Å². The van der Waals surface area contributed by atoms with Crippen molar-refractivity contribution in [1.82, 2.24) is 5.32 Å². The molecule has 1 amide bonds. The van der Waals surface area contributed by atoms with Crippen LogP contribution in [0.1, 0.15) is 45.6 Å². The second kappa shape index (κ2) is 5.78. The molecule has 108 valence electrons. The minimum Gasteiger partial charge on any atom is -0.466 e. The van der Waals surface area contributed by atoms with Gasteiger partial charge in [0.15, 0.2) is 0 Å². The molecule has 4 heteroatoms. The minimum atomic E-state index is -0.427. The van der Waals surface area contributed by atoms with E-state index in [0.29, 0.717) is 19.5 Å². The van der Waals surface area contributed by atoms with E-state index in [2.05, 4.69) is 19.2 Å². The topological polar surface area (TPSA) is 68.3 Å². The third-order valence-electron chi connectivity index (χ3n) is 3.48. The molecule has 0 aliphatic heterocycles. The molecule has 0 fully saturated rings. The number of nitrogens with two attached hydrogens (primary N) is 1. The first-order valence-electron chi connectivity index (χ1n) is 6.74. The summed E-state index contributed by atoms with van der Waals surface area (Å²) in [7, 11) is 0. The predicted octanol–water partition coefficient (Wildman–Crippen LogP) is 2.36. The molecule has 0 radical (unpaired) electrons. The Labute approximate surface area is 115 Å². The van der Waals surface area contributed by atoms with Gasteiger partial charge in [0.25, 0.3) is 0 Å². The van der Waals surface area contributed by atoms with Gasteiger partial charge < -0.3 is 15.5 Å². The van der Waals surface area contributed by atoms with Crippen molar-refractivity contribution in [2.24, 2.45) is 11.1 Å². The van der Waals surface area contributed by atoms with Gasteiger partial charge in [-0.25, -0.2) is 0 Å². The van der Waals surface area contributed by atoms with Gasteiger partial charge in [-0.15, -0.1) is 0 Å². The maximum atomic E-state index is 12.1. The second-order valence-corrected chi connectivity index (χ2v) is 6.40. The maximum absolute atomic E-state index is 12.1. The van der Waals surface area contributed by atoms with E-state index in [9.17, 15) is 4.79 Å². The summed E-state index contributed by atoms with van der Waals surface area (Å²) in [5, 5.41) is 3.00. The molecular weight excluding hydrogens is 240 g/mol. The van der Waals surface area contributed by atoms with Crippen molar-refractivity contribution in [2.45, 2.75) is 46.5 Å². The average molecular weight is 266 g/mol. The molecule has 4 nitrogen and oxygen atoms in total. The van der Waals surface area contributed by atoms with Crippen LogP contribution < -0.4 is 11.1 Å². The highest BCUT2D eigenvalue weighted by Crippen LogP contribution is 2.25. The van der Waals surface area contributed by atoms with Crippen LogP contribution in [0.3, 0.4) is 0 Å². The molecule has 0 unspecified atom stereocenters. The van der Waals surface area contributed by atoms with Gasteiger partial charge in [0.1, 0.15) is 11.5 Å². The summed E-state index contributed by atoms with van der Waals surface area (Å²) in [6.07, 6.45) is 0.680. The summed E-state index contributed by atoms with van der Waals surface area (Å²) in [4.78, 5) is 12.1. The molecule has 0 aliphatic rings. The zero-order chi connectivity index (χ0) is 14.7. The molecule has 19 heavy (non-hydrogen) atoms. The number of hydrogen-bond acceptors (Lipinski definition) is 3. The Kier molecular flexibility index (Phi) is 4.80. The molecule has 1 aromatic heterocycles. The van der Waals surface area contributed by atoms with Crippen LogP contribution >= 0.6 is 0 Å². The Morgan fingerprint density at radius 1 is 1.32 bits per heavy atom. The first-order valence-corrected chi connectivity index (χ1v) is 6.74. The van der Waals surface area contributed by atoms with E-state index < -0.39 is 5.41 Å². The molecular formula is C15H26N2O2. The molecule has 1 aromatic rings. The largest absolute Gasteiger partial charge is 0.466 e. The number of furan rings is 1. The van der Waals surface area contributed by atoms with Gasteiger partial charge in [-0.05, 0) is 32.0 Å². The van der Waals surface area contributed by atoms with Gasteiger partial charge in [0, 0.05) is 17.4 Å². The van der Waals surface area contributed by atoms with Gasteiger partial charge in [-0.1, -0.05) is 27.7 Å². The lowest BCUT2D eigenvalue weighted by Gasteiger charge is -2.27. The van der Waals surface area contributed by atoms with Crippen LogP contribution in [0.15, 0.2) is 16.5 Å². The lowest BCUT2D eigenvalue weighted by molar-refractivity contribution is -0.129. The summed E-state index contributed by atoms with van der Waals surface area (Å²) in [6.45, 7) is 10.9. The van der Waals surface area contributed by atoms with Gasteiger partial charge >= 0.3 is 0 Å². The summed E-state index contributed by atoms with van der Waals surface area (Å²) < 4.78 is 5.64. The van der Waals surface area contributed by atoms with Crippen LogP contribution in [-0.2, 0) is 10.2 Å². The molecule has 0 saturated carbocycles. The Morgan fingerprint density at radius 2 is 1.95 bits per heavy atom. The molecule has 1 heterocycles. The fraction of sp³-hybridized carbons (Fsp3) is 0.667. The van der Waals surface area contributed by atoms with Crippen LogP contribution in [0.4, 0.5) is 0 Å².